The van der Waals surface area contributed by atoms with Gasteiger partial charge in [0.05, 0.1) is 12.2 Å². The molecule has 1 aliphatic carbocycles. The van der Waals surface area contributed by atoms with Crippen LogP contribution in [0.15, 0.2) is 24.3 Å². The molecule has 0 amide bonds. The molecular weight excluding hydrogens is 276 g/mol. The maximum atomic E-state index is 11.4. The molecule has 1 aliphatic rings. The van der Waals surface area contributed by atoms with Gasteiger partial charge in [-0.05, 0) is 24.5 Å². The van der Waals surface area contributed by atoms with Crippen molar-refractivity contribution in [3.05, 3.63) is 35.4 Å². The molecule has 5 N–H and O–H groups in total. The Labute approximate surface area is 122 Å². The summed E-state index contributed by atoms with van der Waals surface area (Å²) in [6.45, 7) is 1.84. The Morgan fingerprint density at radius 3 is 2.43 bits per heavy atom. The van der Waals surface area contributed by atoms with Crippen LogP contribution in [0.2, 0.25) is 0 Å². The van der Waals surface area contributed by atoms with Gasteiger partial charge in [0.25, 0.3) is 0 Å². The van der Waals surface area contributed by atoms with E-state index in [1.54, 1.807) is 12.1 Å². The van der Waals surface area contributed by atoms with Crippen LogP contribution in [0.4, 0.5) is 0 Å². The van der Waals surface area contributed by atoms with Crippen molar-refractivity contribution >= 4 is 5.97 Å². The first-order chi connectivity index (χ1) is 9.77. The van der Waals surface area contributed by atoms with Crippen LogP contribution in [-0.4, -0.2) is 55.4 Å². The predicted molar refractivity (Wildman–Crippen MR) is 73.6 cm³/mol. The summed E-state index contributed by atoms with van der Waals surface area (Å²) >= 11 is 0. The lowest BCUT2D eigenvalue weighted by molar-refractivity contribution is -0.209. The van der Waals surface area contributed by atoms with Gasteiger partial charge < -0.3 is 25.5 Å². The highest BCUT2D eigenvalue weighted by Crippen LogP contribution is 2.37. The first-order valence-electron chi connectivity index (χ1n) is 6.82. The fourth-order valence-electron chi connectivity index (χ4n) is 2.95. The number of carboxylic acid groups (broad SMARTS) is 1. The zero-order valence-electron chi connectivity index (χ0n) is 11.7. The van der Waals surface area contributed by atoms with Gasteiger partial charge in [-0.2, -0.15) is 0 Å². The van der Waals surface area contributed by atoms with E-state index in [0.717, 1.165) is 11.1 Å². The first-order valence-corrected chi connectivity index (χ1v) is 6.82. The van der Waals surface area contributed by atoms with Crippen LogP contribution in [0, 0.1) is 12.8 Å². The van der Waals surface area contributed by atoms with Crippen molar-refractivity contribution in [1.29, 1.82) is 0 Å². The van der Waals surface area contributed by atoms with Crippen molar-refractivity contribution in [3.8, 4) is 0 Å². The van der Waals surface area contributed by atoms with E-state index in [1.807, 2.05) is 19.1 Å². The number of rotatable bonds is 3. The van der Waals surface area contributed by atoms with Gasteiger partial charge in [-0.15, -0.1) is 0 Å². The Kier molecular flexibility index (Phi) is 4.34. The Hall–Kier alpha value is -1.47. The number of hydrogen-bond acceptors (Lipinski definition) is 5. The normalized spacial score (nSPS) is 36.4. The lowest BCUT2D eigenvalue weighted by Crippen LogP contribution is -2.63. The number of carbonyl (C=O) groups is 1. The largest absolute Gasteiger partial charge is 0.479 e. The third-order valence-electron chi connectivity index (χ3n) is 4.36. The molecule has 0 heterocycles. The van der Waals surface area contributed by atoms with Crippen LogP contribution in [0.25, 0.3) is 0 Å². The molecule has 0 saturated heterocycles. The summed E-state index contributed by atoms with van der Waals surface area (Å²) < 4.78 is 0. The minimum Gasteiger partial charge on any atom is -0.479 e. The van der Waals surface area contributed by atoms with Gasteiger partial charge in [0.2, 0.25) is 0 Å². The zero-order chi connectivity index (χ0) is 15.8. The predicted octanol–water partition coefficient (Wildman–Crippen LogP) is -0.544. The average Bonchev–Trinajstić information content (AvgIpc) is 2.43. The first kappa shape index (κ1) is 15.9. The summed E-state index contributed by atoms with van der Waals surface area (Å²) in [7, 11) is 0. The van der Waals surface area contributed by atoms with E-state index in [-0.39, 0.29) is 6.42 Å². The van der Waals surface area contributed by atoms with Gasteiger partial charge in [-0.3, -0.25) is 0 Å². The van der Waals surface area contributed by atoms with Crippen LogP contribution in [-0.2, 0) is 11.2 Å². The molecule has 1 fully saturated rings. The second-order valence-electron chi connectivity index (χ2n) is 5.72. The lowest BCUT2D eigenvalue weighted by atomic mass is 9.68. The fraction of sp³-hybridized carbons (Fsp3) is 0.533. The van der Waals surface area contributed by atoms with Gasteiger partial charge in [0, 0.05) is 12.3 Å². The Balaban J connectivity index is 2.36. The quantitative estimate of drug-likeness (QED) is 0.511. The number of carboxylic acids is 1. The molecule has 0 aromatic heterocycles. The summed E-state index contributed by atoms with van der Waals surface area (Å²) in [6.07, 6.45) is -4.89. The average molecular weight is 296 g/mol. The van der Waals surface area contributed by atoms with E-state index < -0.39 is 42.2 Å². The number of hydrogen-bond donors (Lipinski definition) is 5. The van der Waals surface area contributed by atoms with Crippen molar-refractivity contribution in [3.63, 3.8) is 0 Å². The van der Waals surface area contributed by atoms with E-state index in [1.165, 1.54) is 0 Å². The third-order valence-corrected chi connectivity index (χ3v) is 4.36. The SMILES string of the molecule is Cc1ccccc1C[C@@H]1[C@@H](O)[C@H](O)[C@H](O)C[C@]1(O)C(=O)O. The maximum Gasteiger partial charge on any atom is 0.336 e. The van der Waals surface area contributed by atoms with Gasteiger partial charge >= 0.3 is 5.97 Å². The number of aryl methyl sites for hydroxylation is 1. The molecule has 6 heteroatoms. The summed E-state index contributed by atoms with van der Waals surface area (Å²) in [6, 6.07) is 7.23. The summed E-state index contributed by atoms with van der Waals surface area (Å²) in [4.78, 5) is 11.4. The highest BCUT2D eigenvalue weighted by atomic mass is 16.4. The number of aliphatic hydroxyl groups is 4. The Bertz CT molecular complexity index is 531. The third kappa shape index (κ3) is 2.80. The van der Waals surface area contributed by atoms with Crippen molar-refractivity contribution in [1.82, 2.24) is 0 Å². The monoisotopic (exact) mass is 296 g/mol. The van der Waals surface area contributed by atoms with Gasteiger partial charge in [0.1, 0.15) is 6.10 Å². The molecule has 0 radical (unpaired) electrons. The van der Waals surface area contributed by atoms with Gasteiger partial charge in [-0.25, -0.2) is 4.79 Å². The fourth-order valence-corrected chi connectivity index (χ4v) is 2.95. The molecule has 0 spiro atoms. The van der Waals surface area contributed by atoms with Crippen LogP contribution in [0.1, 0.15) is 17.5 Å². The standard InChI is InChI=1S/C15H20O6/c1-8-4-2-3-5-9(8)6-10-12(17)13(18)11(16)7-15(10,21)14(19)20/h2-5,10-13,16-18,21H,6-7H2,1H3,(H,19,20)/t10-,11-,12-,13-,15-/m1/s1. The summed E-state index contributed by atoms with van der Waals surface area (Å²) in [5, 5.41) is 49.2. The molecule has 116 valence electrons. The van der Waals surface area contributed by atoms with Crippen LogP contribution < -0.4 is 0 Å². The molecule has 1 aromatic carbocycles. The highest BCUT2D eigenvalue weighted by Gasteiger charge is 2.55. The van der Waals surface area contributed by atoms with Gasteiger partial charge in [0.15, 0.2) is 5.60 Å². The van der Waals surface area contributed by atoms with E-state index in [0.29, 0.717) is 0 Å². The molecule has 1 saturated carbocycles. The molecule has 6 nitrogen and oxygen atoms in total. The van der Waals surface area contributed by atoms with E-state index in [4.69, 9.17) is 0 Å². The Morgan fingerprint density at radius 2 is 1.86 bits per heavy atom. The zero-order valence-corrected chi connectivity index (χ0v) is 11.7. The van der Waals surface area contributed by atoms with E-state index >= 15 is 0 Å². The van der Waals surface area contributed by atoms with E-state index in [9.17, 15) is 30.3 Å². The molecular formula is C15H20O6. The number of benzene rings is 1. The van der Waals surface area contributed by atoms with Crippen molar-refractivity contribution in [2.45, 2.75) is 43.7 Å². The van der Waals surface area contributed by atoms with Gasteiger partial charge in [-0.1, -0.05) is 24.3 Å². The van der Waals surface area contributed by atoms with Crippen molar-refractivity contribution in [2.24, 2.45) is 5.92 Å². The van der Waals surface area contributed by atoms with Crippen molar-refractivity contribution in [2.75, 3.05) is 0 Å². The molecule has 1 aromatic rings. The second-order valence-corrected chi connectivity index (χ2v) is 5.72. The smallest absolute Gasteiger partial charge is 0.336 e. The van der Waals surface area contributed by atoms with Crippen LogP contribution >= 0.6 is 0 Å². The molecule has 21 heavy (non-hydrogen) atoms. The number of aliphatic carboxylic acids is 1. The molecule has 5 atom stereocenters. The summed E-state index contributed by atoms with van der Waals surface area (Å²) in [5.74, 6) is -2.61. The summed E-state index contributed by atoms with van der Waals surface area (Å²) in [5.41, 5.74) is -0.594. The minimum absolute atomic E-state index is 0.0976. The molecule has 0 unspecified atom stereocenters. The molecule has 0 bridgehead atoms. The van der Waals surface area contributed by atoms with Crippen molar-refractivity contribution < 1.29 is 30.3 Å². The second kappa shape index (κ2) is 5.73. The molecule has 0 aliphatic heterocycles. The number of aliphatic hydroxyl groups excluding tert-OH is 3. The Morgan fingerprint density at radius 1 is 1.24 bits per heavy atom. The highest BCUT2D eigenvalue weighted by molar-refractivity contribution is 5.78. The molecule has 2 rings (SSSR count). The van der Waals surface area contributed by atoms with E-state index in [2.05, 4.69) is 0 Å². The van der Waals surface area contributed by atoms with Crippen LogP contribution in [0.5, 0.6) is 0 Å². The minimum atomic E-state index is -2.28. The maximum absolute atomic E-state index is 11.4. The lowest BCUT2D eigenvalue weighted by Gasteiger charge is -2.44. The topological polar surface area (TPSA) is 118 Å². The van der Waals surface area contributed by atoms with Crippen LogP contribution in [0.3, 0.4) is 0 Å².